The molecule has 2 aliphatic carbocycles. The SMILES string of the molecule is CO[C@H]1C[C@H](O[C@H]2[C@H](C)O[C@@H](O[C@@H]3C(C)=CC[C@@H]4C[C@@H](C[C@]5(CC[C@H](C)[C@@H](C6CCCCC6)O5)O4)OC(=O)C4=CC(C)C(=O)[C@H]5OCC(=CC=C[C@@H]3C)[C@@]45O)C[C@@H]2OC)O[C@@H](C)[C@@H]1O. The number of aliphatic hydroxyl groups is 2. The number of esters is 1. The molecule has 2 N–H and O–H groups in total. The highest BCUT2D eigenvalue weighted by molar-refractivity contribution is 6.01. The summed E-state index contributed by atoms with van der Waals surface area (Å²) in [5.74, 6) is -1.86. The number of carbonyl (C=O) groups excluding carboxylic acids is 2. The summed E-state index contributed by atoms with van der Waals surface area (Å²) in [7, 11) is 3.23. The number of methoxy groups -OCH3 is 2. The van der Waals surface area contributed by atoms with Gasteiger partial charge in [-0.1, -0.05) is 70.4 Å². The van der Waals surface area contributed by atoms with Gasteiger partial charge in [-0.2, -0.15) is 0 Å². The minimum Gasteiger partial charge on any atom is -0.459 e. The maximum Gasteiger partial charge on any atom is 0.337 e. The number of rotatable bonds is 7. The Morgan fingerprint density at radius 1 is 0.844 bits per heavy atom. The van der Waals surface area contributed by atoms with E-state index in [1.165, 1.54) is 19.3 Å². The first kappa shape index (κ1) is 48.1. The first-order chi connectivity index (χ1) is 30.6. The number of ether oxygens (including phenoxy) is 10. The van der Waals surface area contributed by atoms with Crippen molar-refractivity contribution in [2.75, 3.05) is 20.8 Å². The first-order valence-corrected chi connectivity index (χ1v) is 24.2. The normalized spacial score (nSPS) is 46.2. The molecule has 0 aromatic carbocycles. The van der Waals surface area contributed by atoms with Gasteiger partial charge >= 0.3 is 5.97 Å². The van der Waals surface area contributed by atoms with E-state index in [1.54, 1.807) is 40.2 Å². The Morgan fingerprint density at radius 3 is 2.31 bits per heavy atom. The summed E-state index contributed by atoms with van der Waals surface area (Å²) in [5.41, 5.74) is -0.561. The Bertz CT molecular complexity index is 1790. The van der Waals surface area contributed by atoms with Crippen LogP contribution in [-0.2, 0) is 57.0 Å². The summed E-state index contributed by atoms with van der Waals surface area (Å²) < 4.78 is 64.2. The van der Waals surface area contributed by atoms with Crippen molar-refractivity contribution in [1.82, 2.24) is 0 Å². The van der Waals surface area contributed by atoms with Crippen LogP contribution in [0.5, 0.6) is 0 Å². The molecule has 1 spiro atoms. The fourth-order valence-corrected chi connectivity index (χ4v) is 11.8. The second-order valence-electron chi connectivity index (χ2n) is 20.2. The average molecular weight is 899 g/mol. The molecule has 6 fully saturated rings. The minimum atomic E-state index is -1.98. The van der Waals surface area contributed by atoms with Crippen LogP contribution in [0.25, 0.3) is 0 Å². The van der Waals surface area contributed by atoms with Crippen molar-refractivity contribution >= 4 is 11.8 Å². The molecule has 14 heteroatoms. The van der Waals surface area contributed by atoms with E-state index in [1.807, 2.05) is 19.1 Å². The molecule has 6 aliphatic heterocycles. The maximum atomic E-state index is 14.4. The Balaban J connectivity index is 1.08. The molecule has 1 saturated carbocycles. The number of allylic oxidation sites excluding steroid dienone is 3. The summed E-state index contributed by atoms with van der Waals surface area (Å²) in [6.07, 6.45) is 12.3. The van der Waals surface area contributed by atoms with Gasteiger partial charge in [-0.15, -0.1) is 0 Å². The lowest BCUT2D eigenvalue weighted by atomic mass is 9.73. The van der Waals surface area contributed by atoms with E-state index in [9.17, 15) is 19.8 Å². The van der Waals surface area contributed by atoms with Gasteiger partial charge in [-0.05, 0) is 69.4 Å². The van der Waals surface area contributed by atoms with Crippen LogP contribution in [0.4, 0.5) is 0 Å². The number of aliphatic hydroxyl groups excluding tert-OH is 1. The highest BCUT2D eigenvalue weighted by Crippen LogP contribution is 2.48. The summed E-state index contributed by atoms with van der Waals surface area (Å²) in [6.45, 7) is 11.8. The van der Waals surface area contributed by atoms with E-state index in [0.29, 0.717) is 55.9 Å². The molecule has 18 atom stereocenters. The van der Waals surface area contributed by atoms with E-state index in [-0.39, 0.29) is 42.2 Å². The molecule has 0 aromatic heterocycles. The first-order valence-electron chi connectivity index (χ1n) is 24.2. The molecule has 2 bridgehead atoms. The fraction of sp³-hybridized carbons (Fsp3) is 0.800. The Kier molecular flexibility index (Phi) is 15.1. The lowest BCUT2D eigenvalue weighted by molar-refractivity contribution is -0.341. The van der Waals surface area contributed by atoms with Crippen LogP contribution in [0, 0.1) is 23.7 Å². The summed E-state index contributed by atoms with van der Waals surface area (Å²) >= 11 is 0. The van der Waals surface area contributed by atoms with Crippen molar-refractivity contribution in [2.45, 2.75) is 210 Å². The molecule has 6 heterocycles. The van der Waals surface area contributed by atoms with Crippen LogP contribution in [0.15, 0.2) is 47.1 Å². The van der Waals surface area contributed by atoms with E-state index in [4.69, 9.17) is 47.4 Å². The van der Waals surface area contributed by atoms with Crippen molar-refractivity contribution < 1.29 is 67.2 Å². The molecule has 8 aliphatic rings. The van der Waals surface area contributed by atoms with Gasteiger partial charge < -0.3 is 57.6 Å². The van der Waals surface area contributed by atoms with E-state index in [0.717, 1.165) is 24.8 Å². The molecule has 14 nitrogen and oxygen atoms in total. The van der Waals surface area contributed by atoms with Gasteiger partial charge in [-0.25, -0.2) is 4.79 Å². The molecular weight excluding hydrogens is 825 g/mol. The molecule has 1 unspecified atom stereocenters. The van der Waals surface area contributed by atoms with Crippen LogP contribution in [0.3, 0.4) is 0 Å². The Hall–Kier alpha value is -2.34. The Morgan fingerprint density at radius 2 is 1.56 bits per heavy atom. The smallest absolute Gasteiger partial charge is 0.337 e. The van der Waals surface area contributed by atoms with Crippen molar-refractivity contribution in [3.63, 3.8) is 0 Å². The van der Waals surface area contributed by atoms with E-state index < -0.39 is 84.7 Å². The number of Topliss-reactive ketones (excluding diaryl/α,β-unsaturated/α-hetero) is 1. The summed E-state index contributed by atoms with van der Waals surface area (Å²) in [6, 6.07) is 0. The van der Waals surface area contributed by atoms with Gasteiger partial charge in [0, 0.05) is 58.2 Å². The predicted molar refractivity (Wildman–Crippen MR) is 234 cm³/mol. The molecular formula is C50H74O14. The number of fused-ring (bicyclic) bond motifs is 2. The third kappa shape index (κ3) is 9.81. The highest BCUT2D eigenvalue weighted by atomic mass is 16.7. The van der Waals surface area contributed by atoms with Crippen molar-refractivity contribution in [2.24, 2.45) is 23.7 Å². The minimum absolute atomic E-state index is 0.0220. The largest absolute Gasteiger partial charge is 0.459 e. The molecule has 0 amide bonds. The zero-order valence-corrected chi connectivity index (χ0v) is 39.2. The zero-order valence-electron chi connectivity index (χ0n) is 39.2. The number of hydrogen-bond donors (Lipinski definition) is 2. The standard InChI is InChI=1S/C50H74O14/c1-27-13-12-16-34-26-57-47-42(51)30(4)21-37(50(34,47)54)48(53)60-36-22-35(63-49(25-36)20-19-29(3)45(64-49)33-14-10-9-11-15-33)18-17-28(2)44(27)61-41-24-39(56-8)46(32(6)59-41)62-40-23-38(55-7)43(52)31(5)58-40/h12-13,16-17,21,27,29-33,35-36,38-41,43-47,52,54H,9-11,14-15,18-20,22-26H2,1-8H3/t27-,29-,30?,31-,32-,35+,36-,38-,39-,40-,41-,43-,44-,45-,46-,47+,49+,50+/m0/s1. The Labute approximate surface area is 379 Å². The zero-order chi connectivity index (χ0) is 45.5. The van der Waals surface area contributed by atoms with Crippen molar-refractivity contribution in [3.8, 4) is 0 Å². The van der Waals surface area contributed by atoms with E-state index in [2.05, 4.69) is 26.8 Å². The van der Waals surface area contributed by atoms with Gasteiger partial charge in [0.25, 0.3) is 0 Å². The third-order valence-electron chi connectivity index (χ3n) is 15.6. The monoisotopic (exact) mass is 899 g/mol. The van der Waals surface area contributed by atoms with Gasteiger partial charge in [0.1, 0.15) is 18.3 Å². The predicted octanol–water partition coefficient (Wildman–Crippen LogP) is 6.34. The topological polar surface area (TPSA) is 167 Å². The number of ketones is 1. The molecule has 8 rings (SSSR count). The fourth-order valence-electron chi connectivity index (χ4n) is 11.8. The van der Waals surface area contributed by atoms with Crippen LogP contribution in [0.2, 0.25) is 0 Å². The number of hydrogen-bond acceptors (Lipinski definition) is 14. The van der Waals surface area contributed by atoms with Crippen LogP contribution >= 0.6 is 0 Å². The van der Waals surface area contributed by atoms with Gasteiger partial charge in [0.2, 0.25) is 0 Å². The lowest BCUT2D eigenvalue weighted by Gasteiger charge is -2.51. The molecule has 0 aromatic rings. The van der Waals surface area contributed by atoms with Gasteiger partial charge in [-0.3, -0.25) is 4.79 Å². The molecule has 0 radical (unpaired) electrons. The molecule has 358 valence electrons. The van der Waals surface area contributed by atoms with Gasteiger partial charge in [0.15, 0.2) is 35.9 Å². The average Bonchev–Trinajstić information content (AvgIpc) is 3.62. The van der Waals surface area contributed by atoms with Crippen molar-refractivity contribution in [3.05, 3.63) is 47.1 Å². The van der Waals surface area contributed by atoms with Crippen LogP contribution < -0.4 is 0 Å². The molecule has 64 heavy (non-hydrogen) atoms. The highest BCUT2D eigenvalue weighted by Gasteiger charge is 2.59. The number of carbonyl (C=O) groups is 2. The second-order valence-corrected chi connectivity index (χ2v) is 20.2. The third-order valence-corrected chi connectivity index (χ3v) is 15.6. The van der Waals surface area contributed by atoms with E-state index >= 15 is 0 Å². The second kappa shape index (κ2) is 20.1. The molecule has 5 saturated heterocycles. The van der Waals surface area contributed by atoms with Crippen LogP contribution in [0.1, 0.15) is 119 Å². The lowest BCUT2D eigenvalue weighted by Crippen LogP contribution is -2.56. The van der Waals surface area contributed by atoms with Crippen molar-refractivity contribution in [1.29, 1.82) is 0 Å². The van der Waals surface area contributed by atoms with Crippen LogP contribution in [-0.4, -0.2) is 134 Å². The summed E-state index contributed by atoms with van der Waals surface area (Å²) in [5, 5.41) is 23.0. The quantitative estimate of drug-likeness (QED) is 0.215. The summed E-state index contributed by atoms with van der Waals surface area (Å²) in [4.78, 5) is 27.9. The maximum absolute atomic E-state index is 14.4. The van der Waals surface area contributed by atoms with Gasteiger partial charge in [0.05, 0.1) is 54.9 Å².